The van der Waals surface area contributed by atoms with Crippen molar-refractivity contribution in [1.82, 2.24) is 14.8 Å². The molecule has 6 nitrogen and oxygen atoms in total. The number of hydrogen-bond acceptors (Lipinski definition) is 5. The van der Waals surface area contributed by atoms with Gasteiger partial charge in [-0.2, -0.15) is 0 Å². The van der Waals surface area contributed by atoms with Crippen LogP contribution < -0.4 is 5.73 Å². The molecule has 6 heteroatoms. The summed E-state index contributed by atoms with van der Waals surface area (Å²) >= 11 is 0. The summed E-state index contributed by atoms with van der Waals surface area (Å²) in [6.45, 7) is 3.31. The van der Waals surface area contributed by atoms with E-state index >= 15 is 0 Å². The van der Waals surface area contributed by atoms with Gasteiger partial charge in [0, 0.05) is 58.1 Å². The Labute approximate surface area is 138 Å². The number of rotatable bonds is 7. The van der Waals surface area contributed by atoms with E-state index in [1.54, 1.807) is 12.0 Å². The molecular formula is C17H28N4O2. The average molecular weight is 320 g/mol. The van der Waals surface area contributed by atoms with Gasteiger partial charge in [0.15, 0.2) is 0 Å². The topological polar surface area (TPSA) is 71.7 Å². The first kappa shape index (κ1) is 17.8. The number of likely N-dealkylation sites (N-methyl/N-ethyl adjacent to an activating group) is 1. The zero-order chi connectivity index (χ0) is 16.7. The van der Waals surface area contributed by atoms with Crippen molar-refractivity contribution >= 4 is 5.91 Å². The molecule has 0 bridgehead atoms. The van der Waals surface area contributed by atoms with E-state index in [0.29, 0.717) is 0 Å². The standard InChI is InChI=1S/C17H28N4O2/c1-20(17(22)16(18)13-23-2)15-7-11-21(12-8-15)10-6-14-5-3-4-9-19-14/h3-5,9,15-16H,6-8,10-13,18H2,1-2H3. The minimum absolute atomic E-state index is 0.0289. The van der Waals surface area contributed by atoms with E-state index in [0.717, 1.165) is 44.6 Å². The Bertz CT molecular complexity index is 475. The molecule has 1 aromatic rings. The van der Waals surface area contributed by atoms with Crippen molar-refractivity contribution in [3.63, 3.8) is 0 Å². The number of carbonyl (C=O) groups excluding carboxylic acids is 1. The summed E-state index contributed by atoms with van der Waals surface area (Å²) in [5, 5.41) is 0. The van der Waals surface area contributed by atoms with Crippen LogP contribution in [0.3, 0.4) is 0 Å². The minimum atomic E-state index is -0.563. The van der Waals surface area contributed by atoms with Crippen LogP contribution in [0.4, 0.5) is 0 Å². The average Bonchev–Trinajstić information content (AvgIpc) is 2.60. The highest BCUT2D eigenvalue weighted by molar-refractivity contribution is 5.81. The molecule has 1 aromatic heterocycles. The van der Waals surface area contributed by atoms with Crippen LogP contribution in [0, 0.1) is 0 Å². The molecule has 2 N–H and O–H groups in total. The SMILES string of the molecule is COCC(N)C(=O)N(C)C1CCN(CCc2ccccn2)CC1. The van der Waals surface area contributed by atoms with Crippen LogP contribution in [0.2, 0.25) is 0 Å². The monoisotopic (exact) mass is 320 g/mol. The number of aromatic nitrogens is 1. The zero-order valence-electron chi connectivity index (χ0n) is 14.1. The van der Waals surface area contributed by atoms with Gasteiger partial charge in [-0.05, 0) is 25.0 Å². The highest BCUT2D eigenvalue weighted by Crippen LogP contribution is 2.16. The Kier molecular flexibility index (Phi) is 6.95. The number of likely N-dealkylation sites (tertiary alicyclic amines) is 1. The number of carbonyl (C=O) groups is 1. The third-order valence-corrected chi connectivity index (χ3v) is 4.53. The maximum Gasteiger partial charge on any atom is 0.241 e. The molecule has 0 spiro atoms. The van der Waals surface area contributed by atoms with Crippen molar-refractivity contribution in [2.45, 2.75) is 31.3 Å². The van der Waals surface area contributed by atoms with E-state index in [4.69, 9.17) is 10.5 Å². The zero-order valence-corrected chi connectivity index (χ0v) is 14.1. The fraction of sp³-hybridized carbons (Fsp3) is 0.647. The third kappa shape index (κ3) is 5.27. The molecule has 1 atom stereocenters. The summed E-state index contributed by atoms with van der Waals surface area (Å²) in [6.07, 6.45) is 4.79. The molecule has 1 fully saturated rings. The molecule has 2 rings (SSSR count). The summed E-state index contributed by atoms with van der Waals surface area (Å²) in [4.78, 5) is 20.8. The first-order chi connectivity index (χ1) is 11.1. The Morgan fingerprint density at radius 3 is 2.83 bits per heavy atom. The fourth-order valence-electron chi connectivity index (χ4n) is 3.04. The molecule has 2 heterocycles. The predicted molar refractivity (Wildman–Crippen MR) is 90.0 cm³/mol. The third-order valence-electron chi connectivity index (χ3n) is 4.53. The van der Waals surface area contributed by atoms with Crippen LogP contribution >= 0.6 is 0 Å². The second kappa shape index (κ2) is 8.96. The van der Waals surface area contributed by atoms with E-state index < -0.39 is 6.04 Å². The molecule has 23 heavy (non-hydrogen) atoms. The van der Waals surface area contributed by atoms with Gasteiger partial charge >= 0.3 is 0 Å². The fourth-order valence-corrected chi connectivity index (χ4v) is 3.04. The van der Waals surface area contributed by atoms with Crippen molar-refractivity contribution < 1.29 is 9.53 Å². The van der Waals surface area contributed by atoms with Gasteiger partial charge in [0.25, 0.3) is 0 Å². The lowest BCUT2D eigenvalue weighted by Gasteiger charge is -2.37. The van der Waals surface area contributed by atoms with Crippen LogP contribution in [0.1, 0.15) is 18.5 Å². The van der Waals surface area contributed by atoms with E-state index in [2.05, 4.69) is 16.0 Å². The van der Waals surface area contributed by atoms with Crippen LogP contribution in [0.25, 0.3) is 0 Å². The van der Waals surface area contributed by atoms with Gasteiger partial charge in [-0.15, -0.1) is 0 Å². The van der Waals surface area contributed by atoms with Gasteiger partial charge in [-0.1, -0.05) is 6.07 Å². The van der Waals surface area contributed by atoms with E-state index in [9.17, 15) is 4.79 Å². The molecular weight excluding hydrogens is 292 g/mol. The number of ether oxygens (including phenoxy) is 1. The molecule has 0 saturated carbocycles. The van der Waals surface area contributed by atoms with Crippen molar-refractivity contribution in [2.75, 3.05) is 40.4 Å². The second-order valence-corrected chi connectivity index (χ2v) is 6.15. The molecule has 0 radical (unpaired) electrons. The number of nitrogens with two attached hydrogens (primary N) is 1. The summed E-state index contributed by atoms with van der Waals surface area (Å²) in [5.41, 5.74) is 6.97. The Balaban J connectivity index is 1.74. The Hall–Kier alpha value is -1.50. The van der Waals surface area contributed by atoms with Gasteiger partial charge in [-0.3, -0.25) is 9.78 Å². The van der Waals surface area contributed by atoms with Crippen molar-refractivity contribution in [2.24, 2.45) is 5.73 Å². The highest BCUT2D eigenvalue weighted by atomic mass is 16.5. The van der Waals surface area contributed by atoms with Gasteiger partial charge < -0.3 is 20.3 Å². The molecule has 1 aliphatic rings. The maximum atomic E-state index is 12.2. The highest BCUT2D eigenvalue weighted by Gasteiger charge is 2.27. The van der Waals surface area contributed by atoms with E-state index in [-0.39, 0.29) is 18.6 Å². The first-order valence-corrected chi connectivity index (χ1v) is 8.25. The quantitative estimate of drug-likeness (QED) is 0.793. The maximum absolute atomic E-state index is 12.2. The molecule has 128 valence electrons. The summed E-state index contributed by atoms with van der Waals surface area (Å²) in [5.74, 6) is -0.0289. The normalized spacial score (nSPS) is 17.9. The Morgan fingerprint density at radius 2 is 2.22 bits per heavy atom. The van der Waals surface area contributed by atoms with Crippen LogP contribution in [-0.4, -0.2) is 73.2 Å². The van der Waals surface area contributed by atoms with Gasteiger partial charge in [0.1, 0.15) is 6.04 Å². The lowest BCUT2D eigenvalue weighted by Crippen LogP contribution is -2.51. The predicted octanol–water partition coefficient (Wildman–Crippen LogP) is 0.521. The van der Waals surface area contributed by atoms with Crippen molar-refractivity contribution in [3.05, 3.63) is 30.1 Å². The number of hydrogen-bond donors (Lipinski definition) is 1. The van der Waals surface area contributed by atoms with Crippen LogP contribution in [0.5, 0.6) is 0 Å². The van der Waals surface area contributed by atoms with Crippen LogP contribution in [0.15, 0.2) is 24.4 Å². The molecule has 1 amide bonds. The Morgan fingerprint density at radius 1 is 1.48 bits per heavy atom. The first-order valence-electron chi connectivity index (χ1n) is 8.25. The molecule has 1 unspecified atom stereocenters. The number of piperidine rings is 1. The number of methoxy groups -OCH3 is 1. The lowest BCUT2D eigenvalue weighted by atomic mass is 10.0. The van der Waals surface area contributed by atoms with Crippen molar-refractivity contribution in [3.8, 4) is 0 Å². The molecule has 1 aliphatic heterocycles. The largest absolute Gasteiger partial charge is 0.383 e. The molecule has 1 saturated heterocycles. The lowest BCUT2D eigenvalue weighted by molar-refractivity contribution is -0.135. The second-order valence-electron chi connectivity index (χ2n) is 6.15. The number of pyridine rings is 1. The van der Waals surface area contributed by atoms with Gasteiger partial charge in [0.05, 0.1) is 6.61 Å². The summed E-state index contributed by atoms with van der Waals surface area (Å²) < 4.78 is 4.97. The smallest absolute Gasteiger partial charge is 0.241 e. The van der Waals surface area contributed by atoms with E-state index in [1.165, 1.54) is 0 Å². The molecule has 0 aliphatic carbocycles. The number of nitrogens with zero attached hydrogens (tertiary/aromatic N) is 3. The minimum Gasteiger partial charge on any atom is -0.383 e. The van der Waals surface area contributed by atoms with Gasteiger partial charge in [0.2, 0.25) is 5.91 Å². The summed E-state index contributed by atoms with van der Waals surface area (Å²) in [7, 11) is 3.42. The number of amides is 1. The summed E-state index contributed by atoms with van der Waals surface area (Å²) in [6, 6.07) is 5.74. The van der Waals surface area contributed by atoms with Crippen LogP contribution in [-0.2, 0) is 16.0 Å². The van der Waals surface area contributed by atoms with E-state index in [1.807, 2.05) is 25.4 Å². The van der Waals surface area contributed by atoms with Crippen molar-refractivity contribution in [1.29, 1.82) is 0 Å². The molecule has 0 aromatic carbocycles. The van der Waals surface area contributed by atoms with Gasteiger partial charge in [-0.25, -0.2) is 0 Å².